The van der Waals surface area contributed by atoms with Crippen LogP contribution in [-0.2, 0) is 4.74 Å². The zero-order chi connectivity index (χ0) is 10.6. The van der Waals surface area contributed by atoms with E-state index in [-0.39, 0.29) is 5.69 Å². The quantitative estimate of drug-likeness (QED) is 0.694. The van der Waals surface area contributed by atoms with Crippen LogP contribution in [0.3, 0.4) is 0 Å². The van der Waals surface area contributed by atoms with Crippen molar-refractivity contribution < 1.29 is 13.9 Å². The first-order valence-electron chi connectivity index (χ1n) is 4.40. The summed E-state index contributed by atoms with van der Waals surface area (Å²) in [5.74, 6) is -0.00259. The number of rotatable bonds is 3. The van der Waals surface area contributed by atoms with E-state index in [0.29, 0.717) is 12.4 Å². The fourth-order valence-electron chi connectivity index (χ4n) is 0.973. The molecule has 0 aliphatic rings. The standard InChI is InChI=1S/C10H13NO3/c1-4-13-10(12)9-8(5-7(2)3)14-6-11-9/h5-6H,4H2,1-3H3. The number of hydrogen-bond donors (Lipinski definition) is 0. The molecule has 1 heterocycles. The molecular formula is C10H13NO3. The van der Waals surface area contributed by atoms with Gasteiger partial charge < -0.3 is 9.15 Å². The van der Waals surface area contributed by atoms with Gasteiger partial charge in [-0.25, -0.2) is 9.78 Å². The maximum absolute atomic E-state index is 11.3. The number of carbonyl (C=O) groups excluding carboxylic acids is 1. The number of oxazole rings is 1. The number of hydrogen-bond acceptors (Lipinski definition) is 4. The summed E-state index contributed by atoms with van der Waals surface area (Å²) in [5.41, 5.74) is 1.26. The molecule has 0 bridgehead atoms. The summed E-state index contributed by atoms with van der Waals surface area (Å²) in [4.78, 5) is 15.1. The van der Waals surface area contributed by atoms with Crippen LogP contribution in [0.2, 0.25) is 0 Å². The third-order valence-corrected chi connectivity index (χ3v) is 1.48. The molecule has 0 unspecified atom stereocenters. The number of aromatic nitrogens is 1. The molecule has 0 saturated carbocycles. The van der Waals surface area contributed by atoms with Crippen LogP contribution in [0.25, 0.3) is 6.08 Å². The fraction of sp³-hybridized carbons (Fsp3) is 0.400. The van der Waals surface area contributed by atoms with Crippen molar-refractivity contribution in [2.24, 2.45) is 0 Å². The van der Waals surface area contributed by atoms with Crippen LogP contribution in [0.1, 0.15) is 37.0 Å². The van der Waals surface area contributed by atoms with Gasteiger partial charge in [-0.05, 0) is 26.8 Å². The largest absolute Gasteiger partial charge is 0.461 e. The second kappa shape index (κ2) is 4.60. The Morgan fingerprint density at radius 3 is 2.93 bits per heavy atom. The maximum Gasteiger partial charge on any atom is 0.360 e. The molecule has 4 heteroatoms. The average molecular weight is 195 g/mol. The monoisotopic (exact) mass is 195 g/mol. The van der Waals surface area contributed by atoms with E-state index in [9.17, 15) is 4.79 Å². The Kier molecular flexibility index (Phi) is 3.45. The SMILES string of the molecule is CCOC(=O)c1ncoc1C=C(C)C. The first-order chi connectivity index (χ1) is 6.65. The Balaban J connectivity index is 2.93. The molecule has 0 saturated heterocycles. The summed E-state index contributed by atoms with van der Waals surface area (Å²) < 4.78 is 9.87. The lowest BCUT2D eigenvalue weighted by molar-refractivity contribution is 0.0519. The van der Waals surface area contributed by atoms with Gasteiger partial charge in [0, 0.05) is 0 Å². The summed E-state index contributed by atoms with van der Waals surface area (Å²) in [6.07, 6.45) is 2.99. The third-order valence-electron chi connectivity index (χ3n) is 1.48. The topological polar surface area (TPSA) is 52.3 Å². The fourth-order valence-corrected chi connectivity index (χ4v) is 0.973. The van der Waals surface area contributed by atoms with Crippen LogP contribution in [0.4, 0.5) is 0 Å². The molecule has 0 radical (unpaired) electrons. The van der Waals surface area contributed by atoms with Gasteiger partial charge in [0.05, 0.1) is 6.61 Å². The lowest BCUT2D eigenvalue weighted by Gasteiger charge is -1.97. The lowest BCUT2D eigenvalue weighted by Crippen LogP contribution is -2.06. The predicted octanol–water partition coefficient (Wildman–Crippen LogP) is 2.27. The Labute approximate surface area is 82.6 Å². The van der Waals surface area contributed by atoms with E-state index in [4.69, 9.17) is 9.15 Å². The first kappa shape index (κ1) is 10.5. The summed E-state index contributed by atoms with van der Waals surface area (Å²) in [6, 6.07) is 0. The average Bonchev–Trinajstić information content (AvgIpc) is 2.51. The van der Waals surface area contributed by atoms with Crippen LogP contribution in [0.15, 0.2) is 16.4 Å². The van der Waals surface area contributed by atoms with Gasteiger partial charge >= 0.3 is 5.97 Å². The highest BCUT2D eigenvalue weighted by Crippen LogP contribution is 2.12. The van der Waals surface area contributed by atoms with Crippen LogP contribution in [0.5, 0.6) is 0 Å². The van der Waals surface area contributed by atoms with Crippen molar-refractivity contribution in [1.82, 2.24) is 4.98 Å². The molecule has 1 rings (SSSR count). The highest BCUT2D eigenvalue weighted by molar-refractivity contribution is 5.90. The molecule has 0 atom stereocenters. The van der Waals surface area contributed by atoms with Gasteiger partial charge in [0.15, 0.2) is 17.8 Å². The first-order valence-corrected chi connectivity index (χ1v) is 4.40. The summed E-state index contributed by atoms with van der Waals surface area (Å²) in [5, 5.41) is 0. The number of nitrogens with zero attached hydrogens (tertiary/aromatic N) is 1. The summed E-state index contributed by atoms with van der Waals surface area (Å²) >= 11 is 0. The minimum atomic E-state index is -0.450. The van der Waals surface area contributed by atoms with E-state index < -0.39 is 5.97 Å². The minimum Gasteiger partial charge on any atom is -0.461 e. The predicted molar refractivity (Wildman–Crippen MR) is 51.8 cm³/mol. The van der Waals surface area contributed by atoms with Gasteiger partial charge in [0.1, 0.15) is 0 Å². The molecule has 76 valence electrons. The smallest absolute Gasteiger partial charge is 0.360 e. The number of carbonyl (C=O) groups is 1. The van der Waals surface area contributed by atoms with E-state index in [1.54, 1.807) is 13.0 Å². The third kappa shape index (κ3) is 2.45. The van der Waals surface area contributed by atoms with E-state index >= 15 is 0 Å². The summed E-state index contributed by atoms with van der Waals surface area (Å²) in [6.45, 7) is 5.91. The molecule has 1 aromatic heterocycles. The van der Waals surface area contributed by atoms with Crippen LogP contribution in [0, 0.1) is 0 Å². The van der Waals surface area contributed by atoms with Gasteiger partial charge in [-0.15, -0.1) is 0 Å². The van der Waals surface area contributed by atoms with Crippen molar-refractivity contribution in [3.63, 3.8) is 0 Å². The molecule has 0 amide bonds. The number of ether oxygens (including phenoxy) is 1. The van der Waals surface area contributed by atoms with E-state index in [1.165, 1.54) is 6.39 Å². The Morgan fingerprint density at radius 1 is 1.64 bits per heavy atom. The minimum absolute atomic E-state index is 0.230. The number of esters is 1. The van der Waals surface area contributed by atoms with Crippen molar-refractivity contribution in [2.75, 3.05) is 6.61 Å². The van der Waals surface area contributed by atoms with Crippen LogP contribution >= 0.6 is 0 Å². The molecule has 0 spiro atoms. The van der Waals surface area contributed by atoms with Crippen molar-refractivity contribution in [3.05, 3.63) is 23.4 Å². The molecule has 0 fully saturated rings. The Bertz CT molecular complexity index is 348. The van der Waals surface area contributed by atoms with E-state index in [1.807, 2.05) is 13.8 Å². The van der Waals surface area contributed by atoms with Crippen molar-refractivity contribution in [2.45, 2.75) is 20.8 Å². The molecule has 0 aliphatic carbocycles. The van der Waals surface area contributed by atoms with Gasteiger partial charge in [0.2, 0.25) is 0 Å². The van der Waals surface area contributed by atoms with E-state index in [2.05, 4.69) is 4.98 Å². The molecular weight excluding hydrogens is 182 g/mol. The highest BCUT2D eigenvalue weighted by atomic mass is 16.5. The van der Waals surface area contributed by atoms with E-state index in [0.717, 1.165) is 5.57 Å². The van der Waals surface area contributed by atoms with Gasteiger partial charge in [-0.2, -0.15) is 0 Å². The lowest BCUT2D eigenvalue weighted by atomic mass is 10.2. The van der Waals surface area contributed by atoms with Crippen molar-refractivity contribution in [3.8, 4) is 0 Å². The Hall–Kier alpha value is -1.58. The van der Waals surface area contributed by atoms with Crippen molar-refractivity contribution >= 4 is 12.0 Å². The second-order valence-corrected chi connectivity index (χ2v) is 3.01. The molecule has 0 aromatic carbocycles. The van der Waals surface area contributed by atoms with Gasteiger partial charge in [-0.3, -0.25) is 0 Å². The Morgan fingerprint density at radius 2 is 2.36 bits per heavy atom. The van der Waals surface area contributed by atoms with Gasteiger partial charge in [-0.1, -0.05) is 5.57 Å². The van der Waals surface area contributed by atoms with Gasteiger partial charge in [0.25, 0.3) is 0 Å². The molecule has 0 N–H and O–H groups in total. The molecule has 0 aliphatic heterocycles. The number of allylic oxidation sites excluding steroid dienone is 1. The molecule has 14 heavy (non-hydrogen) atoms. The maximum atomic E-state index is 11.3. The highest BCUT2D eigenvalue weighted by Gasteiger charge is 2.15. The zero-order valence-corrected chi connectivity index (χ0v) is 8.53. The molecule has 1 aromatic rings. The molecule has 4 nitrogen and oxygen atoms in total. The zero-order valence-electron chi connectivity index (χ0n) is 8.53. The van der Waals surface area contributed by atoms with Crippen LogP contribution < -0.4 is 0 Å². The second-order valence-electron chi connectivity index (χ2n) is 3.01. The normalized spacial score (nSPS) is 9.64. The van der Waals surface area contributed by atoms with Crippen molar-refractivity contribution in [1.29, 1.82) is 0 Å². The summed E-state index contributed by atoms with van der Waals surface area (Å²) in [7, 11) is 0. The van der Waals surface area contributed by atoms with Crippen LogP contribution in [-0.4, -0.2) is 17.6 Å².